The summed E-state index contributed by atoms with van der Waals surface area (Å²) in [6, 6.07) is 13.2. The van der Waals surface area contributed by atoms with Crippen molar-refractivity contribution >= 4 is 11.9 Å². The molecule has 0 radical (unpaired) electrons. The quantitative estimate of drug-likeness (QED) is 0.721. The molecule has 1 unspecified atom stereocenters. The molecule has 0 saturated heterocycles. The molecule has 6 nitrogen and oxygen atoms in total. The van der Waals surface area contributed by atoms with E-state index in [-0.39, 0.29) is 12.3 Å². The van der Waals surface area contributed by atoms with Gasteiger partial charge in [-0.05, 0) is 48.2 Å². The van der Waals surface area contributed by atoms with Crippen molar-refractivity contribution < 1.29 is 24.2 Å². The van der Waals surface area contributed by atoms with E-state index in [1.54, 1.807) is 31.4 Å². The Bertz CT molecular complexity index is 725. The minimum absolute atomic E-state index is 0.256. The zero-order valence-corrected chi connectivity index (χ0v) is 14.9. The van der Waals surface area contributed by atoms with Gasteiger partial charge in [0.1, 0.15) is 11.5 Å². The molecule has 2 N–H and O–H groups in total. The van der Waals surface area contributed by atoms with Gasteiger partial charge in [-0.3, -0.25) is 4.79 Å². The van der Waals surface area contributed by atoms with Crippen LogP contribution in [0.2, 0.25) is 0 Å². The molecular weight excluding hydrogens is 334 g/mol. The van der Waals surface area contributed by atoms with Crippen LogP contribution in [0.25, 0.3) is 0 Å². The number of ether oxygens (including phenoxy) is 2. The third kappa shape index (κ3) is 5.51. The molecule has 0 aromatic heterocycles. The molecule has 0 aliphatic carbocycles. The number of nitrogens with one attached hydrogen (secondary N) is 1. The van der Waals surface area contributed by atoms with E-state index >= 15 is 0 Å². The summed E-state index contributed by atoms with van der Waals surface area (Å²) in [5.41, 5.74) is 1.60. The summed E-state index contributed by atoms with van der Waals surface area (Å²) < 4.78 is 10.2. The van der Waals surface area contributed by atoms with E-state index in [0.29, 0.717) is 17.7 Å². The van der Waals surface area contributed by atoms with Crippen molar-refractivity contribution in [3.8, 4) is 11.5 Å². The second kappa shape index (κ2) is 9.46. The molecular formula is C20H23NO5. The number of carbonyl (C=O) groups is 2. The zero-order chi connectivity index (χ0) is 18.9. The van der Waals surface area contributed by atoms with E-state index in [9.17, 15) is 14.7 Å². The van der Waals surface area contributed by atoms with Gasteiger partial charge in [0.15, 0.2) is 6.04 Å². The van der Waals surface area contributed by atoms with Crippen molar-refractivity contribution in [2.45, 2.75) is 25.3 Å². The number of hydrogen-bond donors (Lipinski definition) is 2. The predicted molar refractivity (Wildman–Crippen MR) is 97.4 cm³/mol. The molecule has 0 bridgehead atoms. The number of carboxylic acids is 1. The van der Waals surface area contributed by atoms with Gasteiger partial charge in [0.2, 0.25) is 5.91 Å². The Morgan fingerprint density at radius 3 is 2.00 bits per heavy atom. The molecule has 1 amide bonds. The summed E-state index contributed by atoms with van der Waals surface area (Å²) in [6.45, 7) is 0. The molecule has 2 aromatic carbocycles. The minimum Gasteiger partial charge on any atom is -0.497 e. The average Bonchev–Trinajstić information content (AvgIpc) is 2.66. The summed E-state index contributed by atoms with van der Waals surface area (Å²) in [6.07, 6.45) is 1.62. The molecule has 2 aromatic rings. The van der Waals surface area contributed by atoms with Crippen LogP contribution in [0.5, 0.6) is 11.5 Å². The monoisotopic (exact) mass is 357 g/mol. The first-order valence-electron chi connectivity index (χ1n) is 8.32. The number of aryl methyl sites for hydroxylation is 1. The molecule has 0 heterocycles. The van der Waals surface area contributed by atoms with E-state index in [1.165, 1.54) is 7.11 Å². The number of carboxylic acid groups (broad SMARTS) is 1. The normalized spacial score (nSPS) is 11.5. The molecule has 0 aliphatic rings. The van der Waals surface area contributed by atoms with Crippen LogP contribution in [-0.4, -0.2) is 31.2 Å². The van der Waals surface area contributed by atoms with Gasteiger partial charge < -0.3 is 19.9 Å². The van der Waals surface area contributed by atoms with Gasteiger partial charge in [0.05, 0.1) is 14.2 Å². The Hall–Kier alpha value is -3.02. The largest absolute Gasteiger partial charge is 0.497 e. The second-order valence-electron chi connectivity index (χ2n) is 5.81. The van der Waals surface area contributed by atoms with E-state index in [4.69, 9.17) is 9.47 Å². The molecule has 0 fully saturated rings. The Balaban J connectivity index is 1.87. The van der Waals surface area contributed by atoms with Gasteiger partial charge in [0.25, 0.3) is 0 Å². The van der Waals surface area contributed by atoms with Crippen molar-refractivity contribution in [3.63, 3.8) is 0 Å². The van der Waals surface area contributed by atoms with Crippen LogP contribution < -0.4 is 14.8 Å². The highest BCUT2D eigenvalue weighted by Gasteiger charge is 2.21. The number of rotatable bonds is 9. The Kier molecular flexibility index (Phi) is 7.02. The minimum atomic E-state index is -1.10. The fourth-order valence-electron chi connectivity index (χ4n) is 2.56. The summed E-state index contributed by atoms with van der Waals surface area (Å²) in [4.78, 5) is 23.6. The number of benzene rings is 2. The van der Waals surface area contributed by atoms with Crippen molar-refractivity contribution in [3.05, 3.63) is 59.7 Å². The maximum absolute atomic E-state index is 12.1. The SMILES string of the molecule is COc1ccc(CCCC(=O)NC(C(=O)O)c2ccc(OC)cc2)cc1. The Morgan fingerprint density at radius 2 is 1.50 bits per heavy atom. The fraction of sp³-hybridized carbons (Fsp3) is 0.300. The lowest BCUT2D eigenvalue weighted by molar-refractivity contribution is -0.142. The smallest absolute Gasteiger partial charge is 0.330 e. The molecule has 0 spiro atoms. The third-order valence-electron chi connectivity index (χ3n) is 4.03. The van der Waals surface area contributed by atoms with Crippen LogP contribution in [0, 0.1) is 0 Å². The average molecular weight is 357 g/mol. The number of carbonyl (C=O) groups excluding carboxylic acids is 1. The van der Waals surface area contributed by atoms with Crippen LogP contribution >= 0.6 is 0 Å². The Morgan fingerprint density at radius 1 is 0.962 bits per heavy atom. The highest BCUT2D eigenvalue weighted by molar-refractivity contribution is 5.84. The number of aliphatic carboxylic acids is 1. The molecule has 138 valence electrons. The number of hydrogen-bond acceptors (Lipinski definition) is 4. The fourth-order valence-corrected chi connectivity index (χ4v) is 2.56. The highest BCUT2D eigenvalue weighted by atomic mass is 16.5. The molecule has 0 saturated carbocycles. The van der Waals surface area contributed by atoms with Crippen molar-refractivity contribution in [2.75, 3.05) is 14.2 Å². The van der Waals surface area contributed by atoms with Crippen LogP contribution in [0.1, 0.15) is 30.0 Å². The predicted octanol–water partition coefficient (Wildman–Crippen LogP) is 2.97. The highest BCUT2D eigenvalue weighted by Crippen LogP contribution is 2.18. The third-order valence-corrected chi connectivity index (χ3v) is 4.03. The van der Waals surface area contributed by atoms with E-state index in [2.05, 4.69) is 5.32 Å². The van der Waals surface area contributed by atoms with Crippen LogP contribution in [0.15, 0.2) is 48.5 Å². The molecule has 26 heavy (non-hydrogen) atoms. The van der Waals surface area contributed by atoms with Crippen molar-refractivity contribution in [1.82, 2.24) is 5.32 Å². The standard InChI is InChI=1S/C20H23NO5/c1-25-16-10-6-14(7-11-16)4-3-5-18(22)21-19(20(23)24)15-8-12-17(26-2)13-9-15/h6-13,19H,3-5H2,1-2H3,(H,21,22)(H,23,24). The number of amides is 1. The maximum Gasteiger partial charge on any atom is 0.330 e. The summed E-state index contributed by atoms with van der Waals surface area (Å²) in [7, 11) is 3.15. The first-order valence-corrected chi connectivity index (χ1v) is 8.32. The van der Waals surface area contributed by atoms with Gasteiger partial charge in [-0.2, -0.15) is 0 Å². The van der Waals surface area contributed by atoms with Crippen LogP contribution in [0.4, 0.5) is 0 Å². The van der Waals surface area contributed by atoms with Gasteiger partial charge in [-0.1, -0.05) is 24.3 Å². The lowest BCUT2D eigenvalue weighted by atomic mass is 10.1. The second-order valence-corrected chi connectivity index (χ2v) is 5.81. The lowest BCUT2D eigenvalue weighted by Gasteiger charge is -2.15. The molecule has 6 heteroatoms. The molecule has 2 rings (SSSR count). The lowest BCUT2D eigenvalue weighted by Crippen LogP contribution is -2.33. The Labute approximate surface area is 152 Å². The van der Waals surface area contributed by atoms with E-state index < -0.39 is 12.0 Å². The molecule has 1 atom stereocenters. The number of methoxy groups -OCH3 is 2. The van der Waals surface area contributed by atoms with Gasteiger partial charge in [-0.25, -0.2) is 4.79 Å². The zero-order valence-electron chi connectivity index (χ0n) is 14.9. The van der Waals surface area contributed by atoms with Gasteiger partial charge >= 0.3 is 5.97 Å². The topological polar surface area (TPSA) is 84.9 Å². The first kappa shape index (κ1) is 19.3. The van der Waals surface area contributed by atoms with Crippen LogP contribution in [0.3, 0.4) is 0 Å². The first-order chi connectivity index (χ1) is 12.5. The van der Waals surface area contributed by atoms with E-state index in [1.807, 2.05) is 24.3 Å². The summed E-state index contributed by atoms with van der Waals surface area (Å²) in [5, 5.41) is 12.0. The van der Waals surface area contributed by atoms with Gasteiger partial charge in [0, 0.05) is 6.42 Å². The maximum atomic E-state index is 12.1. The van der Waals surface area contributed by atoms with E-state index in [0.717, 1.165) is 17.7 Å². The summed E-state index contributed by atoms with van der Waals surface area (Å²) >= 11 is 0. The van der Waals surface area contributed by atoms with Crippen LogP contribution in [-0.2, 0) is 16.0 Å². The van der Waals surface area contributed by atoms with Crippen molar-refractivity contribution in [1.29, 1.82) is 0 Å². The van der Waals surface area contributed by atoms with Crippen molar-refractivity contribution in [2.24, 2.45) is 0 Å². The van der Waals surface area contributed by atoms with Gasteiger partial charge in [-0.15, -0.1) is 0 Å². The summed E-state index contributed by atoms with van der Waals surface area (Å²) in [5.74, 6) is 0.0272. The molecule has 0 aliphatic heterocycles.